The van der Waals surface area contributed by atoms with E-state index in [0.717, 1.165) is 65.2 Å². The molecular formula is C14H30N4O. The molecule has 0 aromatic carbocycles. The fourth-order valence-electron chi connectivity index (χ4n) is 2.39. The van der Waals surface area contributed by atoms with Crippen LogP contribution in [0.4, 0.5) is 0 Å². The first-order valence-corrected chi connectivity index (χ1v) is 7.68. The van der Waals surface area contributed by atoms with Crippen LogP contribution in [-0.4, -0.2) is 74.6 Å². The monoisotopic (exact) mass is 270 g/mol. The molecule has 2 N–H and O–H groups in total. The average Bonchev–Trinajstić information content (AvgIpc) is 2.67. The summed E-state index contributed by atoms with van der Waals surface area (Å²) < 4.78 is 0. The van der Waals surface area contributed by atoms with Crippen molar-refractivity contribution in [2.24, 2.45) is 0 Å². The molecule has 5 heteroatoms. The molecule has 1 amide bonds. The Kier molecular flexibility index (Phi) is 8.79. The Morgan fingerprint density at radius 2 is 2.05 bits per heavy atom. The molecule has 1 rings (SSSR count). The average molecular weight is 270 g/mol. The fourth-order valence-corrected chi connectivity index (χ4v) is 2.39. The van der Waals surface area contributed by atoms with Crippen molar-refractivity contribution in [3.63, 3.8) is 0 Å². The SMILES string of the molecule is CCN(CC)CCCNC(=O)CN1CCCNCC1. The molecule has 1 fully saturated rings. The number of rotatable bonds is 8. The van der Waals surface area contributed by atoms with Gasteiger partial charge >= 0.3 is 0 Å². The summed E-state index contributed by atoms with van der Waals surface area (Å²) in [6, 6.07) is 0. The molecule has 0 aromatic rings. The summed E-state index contributed by atoms with van der Waals surface area (Å²) in [6.45, 7) is 13.0. The van der Waals surface area contributed by atoms with E-state index in [1.54, 1.807) is 0 Å². The van der Waals surface area contributed by atoms with Gasteiger partial charge in [-0.25, -0.2) is 0 Å². The van der Waals surface area contributed by atoms with Gasteiger partial charge in [0.1, 0.15) is 0 Å². The summed E-state index contributed by atoms with van der Waals surface area (Å²) in [6.07, 6.45) is 2.17. The summed E-state index contributed by atoms with van der Waals surface area (Å²) in [4.78, 5) is 16.4. The minimum Gasteiger partial charge on any atom is -0.355 e. The molecule has 5 nitrogen and oxygen atoms in total. The van der Waals surface area contributed by atoms with Gasteiger partial charge in [0.25, 0.3) is 0 Å². The maximum Gasteiger partial charge on any atom is 0.234 e. The second kappa shape index (κ2) is 10.2. The Labute approximate surface area is 117 Å². The highest BCUT2D eigenvalue weighted by molar-refractivity contribution is 5.77. The molecule has 0 spiro atoms. The number of nitrogens with one attached hydrogen (secondary N) is 2. The Bertz CT molecular complexity index is 236. The van der Waals surface area contributed by atoms with Crippen molar-refractivity contribution < 1.29 is 4.79 Å². The highest BCUT2D eigenvalue weighted by Crippen LogP contribution is 1.95. The molecule has 1 heterocycles. The fraction of sp³-hybridized carbons (Fsp3) is 0.929. The standard InChI is InChI=1S/C14H30N4O/c1-3-17(4-2)10-6-8-16-14(19)13-18-11-5-7-15-9-12-18/h15H,3-13H2,1-2H3,(H,16,19). The number of hydrogen-bond acceptors (Lipinski definition) is 4. The molecule has 0 saturated carbocycles. The smallest absolute Gasteiger partial charge is 0.234 e. The van der Waals surface area contributed by atoms with Crippen molar-refractivity contribution in [3.8, 4) is 0 Å². The second-order valence-electron chi connectivity index (χ2n) is 5.11. The third kappa shape index (κ3) is 7.50. The first kappa shape index (κ1) is 16.4. The molecular weight excluding hydrogens is 240 g/mol. The quantitative estimate of drug-likeness (QED) is 0.616. The van der Waals surface area contributed by atoms with Crippen molar-refractivity contribution in [2.75, 3.05) is 58.9 Å². The third-order valence-corrected chi connectivity index (χ3v) is 3.67. The minimum atomic E-state index is 0.168. The van der Waals surface area contributed by atoms with E-state index in [1.807, 2.05) is 0 Å². The lowest BCUT2D eigenvalue weighted by molar-refractivity contribution is -0.122. The highest BCUT2D eigenvalue weighted by atomic mass is 16.2. The van der Waals surface area contributed by atoms with E-state index < -0.39 is 0 Å². The molecule has 1 aliphatic rings. The van der Waals surface area contributed by atoms with Crippen molar-refractivity contribution in [2.45, 2.75) is 26.7 Å². The number of nitrogens with zero attached hydrogens (tertiary/aromatic N) is 2. The Morgan fingerprint density at radius 1 is 1.26 bits per heavy atom. The van der Waals surface area contributed by atoms with Crippen LogP contribution in [0.1, 0.15) is 26.7 Å². The Morgan fingerprint density at radius 3 is 2.79 bits per heavy atom. The summed E-state index contributed by atoms with van der Waals surface area (Å²) in [5.41, 5.74) is 0. The third-order valence-electron chi connectivity index (χ3n) is 3.67. The van der Waals surface area contributed by atoms with E-state index in [1.165, 1.54) is 0 Å². The van der Waals surface area contributed by atoms with Crippen LogP contribution in [0.2, 0.25) is 0 Å². The summed E-state index contributed by atoms with van der Waals surface area (Å²) in [5, 5.41) is 6.38. The zero-order chi connectivity index (χ0) is 13.9. The van der Waals surface area contributed by atoms with E-state index in [0.29, 0.717) is 6.54 Å². The van der Waals surface area contributed by atoms with Gasteiger partial charge in [0, 0.05) is 19.6 Å². The van der Waals surface area contributed by atoms with E-state index >= 15 is 0 Å². The summed E-state index contributed by atoms with van der Waals surface area (Å²) >= 11 is 0. The molecule has 0 atom stereocenters. The lowest BCUT2D eigenvalue weighted by atomic mass is 10.3. The van der Waals surface area contributed by atoms with E-state index in [2.05, 4.69) is 34.3 Å². The molecule has 19 heavy (non-hydrogen) atoms. The summed E-state index contributed by atoms with van der Waals surface area (Å²) in [5.74, 6) is 0.168. The summed E-state index contributed by atoms with van der Waals surface area (Å²) in [7, 11) is 0. The zero-order valence-corrected chi connectivity index (χ0v) is 12.6. The van der Waals surface area contributed by atoms with Gasteiger partial charge in [0.05, 0.1) is 6.54 Å². The van der Waals surface area contributed by atoms with Crippen LogP contribution < -0.4 is 10.6 Å². The maximum atomic E-state index is 11.8. The molecule has 1 aliphatic heterocycles. The van der Waals surface area contributed by atoms with Crippen LogP contribution in [0.5, 0.6) is 0 Å². The lowest BCUT2D eigenvalue weighted by Crippen LogP contribution is -2.39. The molecule has 0 aromatic heterocycles. The first-order valence-electron chi connectivity index (χ1n) is 7.68. The first-order chi connectivity index (χ1) is 9.26. The molecule has 1 saturated heterocycles. The number of carbonyl (C=O) groups excluding carboxylic acids is 1. The van der Waals surface area contributed by atoms with Crippen molar-refractivity contribution in [1.29, 1.82) is 0 Å². The minimum absolute atomic E-state index is 0.168. The van der Waals surface area contributed by atoms with Gasteiger partial charge in [-0.3, -0.25) is 9.69 Å². The molecule has 0 radical (unpaired) electrons. The van der Waals surface area contributed by atoms with Crippen molar-refractivity contribution >= 4 is 5.91 Å². The number of amides is 1. The molecule has 0 bridgehead atoms. The van der Waals surface area contributed by atoms with Crippen molar-refractivity contribution in [3.05, 3.63) is 0 Å². The maximum absolute atomic E-state index is 11.8. The van der Waals surface area contributed by atoms with Crippen LogP contribution in [-0.2, 0) is 4.79 Å². The molecule has 112 valence electrons. The van der Waals surface area contributed by atoms with Gasteiger partial charge < -0.3 is 15.5 Å². The van der Waals surface area contributed by atoms with E-state index in [4.69, 9.17) is 0 Å². The van der Waals surface area contributed by atoms with Crippen LogP contribution in [0.3, 0.4) is 0 Å². The molecule has 0 unspecified atom stereocenters. The second-order valence-corrected chi connectivity index (χ2v) is 5.11. The van der Waals surface area contributed by atoms with Crippen molar-refractivity contribution in [1.82, 2.24) is 20.4 Å². The zero-order valence-electron chi connectivity index (χ0n) is 12.6. The molecule has 0 aliphatic carbocycles. The van der Waals surface area contributed by atoms with E-state index in [9.17, 15) is 4.79 Å². The van der Waals surface area contributed by atoms with Gasteiger partial charge in [-0.2, -0.15) is 0 Å². The van der Waals surface area contributed by atoms with Crippen LogP contribution in [0, 0.1) is 0 Å². The van der Waals surface area contributed by atoms with Gasteiger partial charge in [-0.05, 0) is 45.6 Å². The normalized spacial score (nSPS) is 17.4. The Hall–Kier alpha value is -0.650. The Balaban J connectivity index is 2.06. The van der Waals surface area contributed by atoms with Gasteiger partial charge in [0.2, 0.25) is 5.91 Å². The number of carbonyl (C=O) groups is 1. The largest absolute Gasteiger partial charge is 0.355 e. The lowest BCUT2D eigenvalue weighted by Gasteiger charge is -2.20. The van der Waals surface area contributed by atoms with Gasteiger partial charge in [0.15, 0.2) is 0 Å². The van der Waals surface area contributed by atoms with E-state index in [-0.39, 0.29) is 5.91 Å². The number of hydrogen-bond donors (Lipinski definition) is 2. The predicted molar refractivity (Wildman–Crippen MR) is 79.3 cm³/mol. The van der Waals surface area contributed by atoms with Crippen LogP contribution in [0.15, 0.2) is 0 Å². The topological polar surface area (TPSA) is 47.6 Å². The van der Waals surface area contributed by atoms with Gasteiger partial charge in [-0.1, -0.05) is 13.8 Å². The highest BCUT2D eigenvalue weighted by Gasteiger charge is 2.12. The van der Waals surface area contributed by atoms with Crippen LogP contribution in [0.25, 0.3) is 0 Å². The van der Waals surface area contributed by atoms with Crippen LogP contribution >= 0.6 is 0 Å². The van der Waals surface area contributed by atoms with Gasteiger partial charge in [-0.15, -0.1) is 0 Å². The predicted octanol–water partition coefficient (Wildman–Crippen LogP) is 0.130.